The summed E-state index contributed by atoms with van der Waals surface area (Å²) in [5.74, 6) is 1.60. The Morgan fingerprint density at radius 3 is 2.95 bits per heavy atom. The molecular weight excluding hydrogens is 282 g/mol. The zero-order chi connectivity index (χ0) is 15.3. The third-order valence-electron chi connectivity index (χ3n) is 3.94. The number of rotatable bonds is 7. The number of guanidine groups is 1. The lowest BCUT2D eigenvalue weighted by atomic mass is 10.00. The minimum absolute atomic E-state index is 0.365. The fourth-order valence-electron chi connectivity index (χ4n) is 2.51. The molecule has 1 saturated carbocycles. The first-order valence-electron chi connectivity index (χ1n) is 7.86. The van der Waals surface area contributed by atoms with Crippen LogP contribution in [0.1, 0.15) is 45.6 Å². The molecule has 3 N–H and O–H groups in total. The largest absolute Gasteiger partial charge is 0.383 e. The van der Waals surface area contributed by atoms with Crippen LogP contribution in [0.25, 0.3) is 0 Å². The van der Waals surface area contributed by atoms with Crippen LogP contribution in [0.15, 0.2) is 21.8 Å². The minimum Gasteiger partial charge on any atom is -0.383 e. The Kier molecular flexibility index (Phi) is 5.65. The van der Waals surface area contributed by atoms with Crippen LogP contribution in [-0.2, 0) is 5.60 Å². The molecule has 2 rings (SSSR count). The lowest BCUT2D eigenvalue weighted by Gasteiger charge is -2.21. The minimum atomic E-state index is -0.908. The van der Waals surface area contributed by atoms with Gasteiger partial charge in [0.05, 0.1) is 6.54 Å². The van der Waals surface area contributed by atoms with Crippen LogP contribution in [0.2, 0.25) is 0 Å². The number of nitrogens with one attached hydrogen (secondary N) is 2. The molecule has 0 amide bonds. The highest BCUT2D eigenvalue weighted by atomic mass is 32.1. The average molecular weight is 309 g/mol. The van der Waals surface area contributed by atoms with Crippen molar-refractivity contribution in [2.24, 2.45) is 10.9 Å². The molecule has 1 aromatic heterocycles. The van der Waals surface area contributed by atoms with E-state index in [-0.39, 0.29) is 0 Å². The van der Waals surface area contributed by atoms with Gasteiger partial charge in [0.15, 0.2) is 5.96 Å². The summed E-state index contributed by atoms with van der Waals surface area (Å²) in [6.07, 6.45) is 3.76. The highest BCUT2D eigenvalue weighted by molar-refractivity contribution is 7.08. The van der Waals surface area contributed by atoms with E-state index in [4.69, 9.17) is 0 Å². The molecule has 0 bridgehead atoms. The van der Waals surface area contributed by atoms with Crippen molar-refractivity contribution >= 4 is 17.3 Å². The zero-order valence-electron chi connectivity index (χ0n) is 13.2. The molecule has 0 saturated heterocycles. The maximum Gasteiger partial charge on any atom is 0.191 e. The van der Waals surface area contributed by atoms with Crippen molar-refractivity contribution in [3.8, 4) is 0 Å². The SMILES string of the molecule is CCCC1CC1NC(=NCC(C)(O)c1ccsc1)NCC. The third-order valence-corrected chi connectivity index (χ3v) is 4.62. The fraction of sp³-hybridized carbons (Fsp3) is 0.688. The first-order chi connectivity index (χ1) is 10.1. The van der Waals surface area contributed by atoms with Crippen molar-refractivity contribution in [3.05, 3.63) is 22.4 Å². The van der Waals surface area contributed by atoms with Gasteiger partial charge >= 0.3 is 0 Å². The van der Waals surface area contributed by atoms with Crippen molar-refractivity contribution in [3.63, 3.8) is 0 Å². The van der Waals surface area contributed by atoms with Crippen LogP contribution in [0, 0.1) is 5.92 Å². The predicted molar refractivity (Wildman–Crippen MR) is 89.8 cm³/mol. The topological polar surface area (TPSA) is 56.7 Å². The number of nitrogens with zero attached hydrogens (tertiary/aromatic N) is 1. The second-order valence-corrected chi connectivity index (χ2v) is 6.80. The van der Waals surface area contributed by atoms with Crippen molar-refractivity contribution in [1.29, 1.82) is 0 Å². The van der Waals surface area contributed by atoms with E-state index in [1.165, 1.54) is 19.3 Å². The number of hydrogen-bond acceptors (Lipinski definition) is 3. The van der Waals surface area contributed by atoms with Gasteiger partial charge in [-0.15, -0.1) is 0 Å². The summed E-state index contributed by atoms with van der Waals surface area (Å²) < 4.78 is 0. The van der Waals surface area contributed by atoms with Crippen molar-refractivity contribution in [2.45, 2.75) is 51.7 Å². The van der Waals surface area contributed by atoms with E-state index < -0.39 is 5.60 Å². The highest BCUT2D eigenvalue weighted by Gasteiger charge is 2.36. The van der Waals surface area contributed by atoms with Crippen LogP contribution in [0.3, 0.4) is 0 Å². The number of aliphatic imine (C=N–C) groups is 1. The van der Waals surface area contributed by atoms with Gasteiger partial charge in [-0.05, 0) is 55.0 Å². The number of thiophene rings is 1. The molecule has 0 aromatic carbocycles. The molecule has 0 aliphatic heterocycles. The van der Waals surface area contributed by atoms with Crippen molar-refractivity contribution in [1.82, 2.24) is 10.6 Å². The van der Waals surface area contributed by atoms with E-state index in [1.54, 1.807) is 11.3 Å². The Hall–Kier alpha value is -1.07. The van der Waals surface area contributed by atoms with Gasteiger partial charge < -0.3 is 15.7 Å². The molecule has 0 radical (unpaired) electrons. The Labute approximate surface area is 131 Å². The summed E-state index contributed by atoms with van der Waals surface area (Å²) in [7, 11) is 0. The molecule has 4 nitrogen and oxygen atoms in total. The van der Waals surface area contributed by atoms with Gasteiger partial charge in [0.1, 0.15) is 5.60 Å². The molecule has 21 heavy (non-hydrogen) atoms. The Bertz CT molecular complexity index is 456. The van der Waals surface area contributed by atoms with Gasteiger partial charge in [-0.2, -0.15) is 11.3 Å². The molecule has 0 spiro atoms. The molecule has 1 aliphatic carbocycles. The van der Waals surface area contributed by atoms with Crippen molar-refractivity contribution < 1.29 is 5.11 Å². The molecule has 1 heterocycles. The monoisotopic (exact) mass is 309 g/mol. The van der Waals surface area contributed by atoms with E-state index in [0.717, 1.165) is 24.0 Å². The number of hydrogen-bond donors (Lipinski definition) is 3. The predicted octanol–water partition coefficient (Wildman–Crippen LogP) is 2.70. The molecule has 1 aromatic rings. The Balaban J connectivity index is 1.91. The Morgan fingerprint density at radius 1 is 1.52 bits per heavy atom. The van der Waals surface area contributed by atoms with Crippen LogP contribution < -0.4 is 10.6 Å². The lowest BCUT2D eigenvalue weighted by molar-refractivity contribution is 0.0677. The molecule has 118 valence electrons. The average Bonchev–Trinajstić information content (AvgIpc) is 2.94. The van der Waals surface area contributed by atoms with E-state index in [2.05, 4.69) is 29.5 Å². The summed E-state index contributed by atoms with van der Waals surface area (Å²) in [6.45, 7) is 7.30. The zero-order valence-corrected chi connectivity index (χ0v) is 14.0. The summed E-state index contributed by atoms with van der Waals surface area (Å²) in [4.78, 5) is 4.56. The van der Waals surface area contributed by atoms with Gasteiger partial charge in [-0.25, -0.2) is 4.99 Å². The van der Waals surface area contributed by atoms with E-state index in [1.807, 2.05) is 23.8 Å². The summed E-state index contributed by atoms with van der Waals surface area (Å²) in [6, 6.07) is 2.51. The molecule has 1 aliphatic rings. The van der Waals surface area contributed by atoms with Gasteiger partial charge in [0, 0.05) is 12.6 Å². The van der Waals surface area contributed by atoms with E-state index in [0.29, 0.717) is 12.6 Å². The normalized spacial score (nSPS) is 24.5. The smallest absolute Gasteiger partial charge is 0.191 e. The van der Waals surface area contributed by atoms with Gasteiger partial charge in [-0.1, -0.05) is 13.3 Å². The second-order valence-electron chi connectivity index (χ2n) is 6.02. The van der Waals surface area contributed by atoms with E-state index >= 15 is 0 Å². The molecule has 1 fully saturated rings. The molecule has 5 heteroatoms. The summed E-state index contributed by atoms with van der Waals surface area (Å²) in [5, 5.41) is 21.2. The summed E-state index contributed by atoms with van der Waals surface area (Å²) >= 11 is 1.60. The quantitative estimate of drug-likeness (QED) is 0.536. The molecule has 3 unspecified atom stereocenters. The number of aliphatic hydroxyl groups is 1. The maximum atomic E-state index is 10.5. The lowest BCUT2D eigenvalue weighted by Crippen LogP contribution is -2.40. The van der Waals surface area contributed by atoms with Gasteiger partial charge in [-0.3, -0.25) is 0 Å². The van der Waals surface area contributed by atoms with E-state index in [9.17, 15) is 5.11 Å². The first kappa shape index (κ1) is 16.3. The van der Waals surface area contributed by atoms with Crippen LogP contribution >= 0.6 is 11.3 Å². The standard InChI is InChI=1S/C16H27N3OS/c1-4-6-12-9-14(12)19-15(17-5-2)18-11-16(3,20)13-7-8-21-10-13/h7-8,10,12,14,20H,4-6,9,11H2,1-3H3,(H2,17,18,19). The summed E-state index contributed by atoms with van der Waals surface area (Å²) in [5.41, 5.74) is 0.0247. The Morgan fingerprint density at radius 2 is 2.33 bits per heavy atom. The second kappa shape index (κ2) is 7.27. The van der Waals surface area contributed by atoms with Gasteiger partial charge in [0.25, 0.3) is 0 Å². The molecule has 3 atom stereocenters. The highest BCUT2D eigenvalue weighted by Crippen LogP contribution is 2.34. The third kappa shape index (κ3) is 4.71. The van der Waals surface area contributed by atoms with Crippen LogP contribution in [0.5, 0.6) is 0 Å². The first-order valence-corrected chi connectivity index (χ1v) is 8.81. The fourth-order valence-corrected chi connectivity index (χ4v) is 3.29. The van der Waals surface area contributed by atoms with Crippen LogP contribution in [0.4, 0.5) is 0 Å². The van der Waals surface area contributed by atoms with Crippen molar-refractivity contribution in [2.75, 3.05) is 13.1 Å². The maximum absolute atomic E-state index is 10.5. The van der Waals surface area contributed by atoms with Gasteiger partial charge in [0.2, 0.25) is 0 Å². The molecular formula is C16H27N3OS. The van der Waals surface area contributed by atoms with Crippen LogP contribution in [-0.4, -0.2) is 30.2 Å².